The number of nitriles is 2. The predicted octanol–water partition coefficient (Wildman–Crippen LogP) is 2.21. The van der Waals surface area contributed by atoms with Crippen LogP contribution in [0.15, 0.2) is 47.4 Å². The highest BCUT2D eigenvalue weighted by atomic mass is 32.2. The van der Waals surface area contributed by atoms with Crippen molar-refractivity contribution in [1.82, 2.24) is 0 Å². The molecule has 0 aromatic heterocycles. The van der Waals surface area contributed by atoms with Crippen LogP contribution in [-0.2, 0) is 9.84 Å². The molecule has 0 aliphatic heterocycles. The van der Waals surface area contributed by atoms with Crippen molar-refractivity contribution in [3.05, 3.63) is 42.5 Å². The van der Waals surface area contributed by atoms with E-state index < -0.39 is 20.5 Å². The van der Waals surface area contributed by atoms with E-state index in [-0.39, 0.29) is 17.7 Å². The molecule has 96 valence electrons. The third-order valence-corrected chi connectivity index (χ3v) is 5.64. The van der Waals surface area contributed by atoms with Crippen molar-refractivity contribution >= 4 is 9.84 Å². The van der Waals surface area contributed by atoms with Crippen LogP contribution in [0, 0.1) is 28.1 Å². The van der Waals surface area contributed by atoms with Crippen molar-refractivity contribution in [1.29, 1.82) is 10.5 Å². The first-order chi connectivity index (χ1) is 8.96. The number of nitrogens with zero attached hydrogens (tertiary/aromatic N) is 2. The molecule has 0 N–H and O–H groups in total. The zero-order chi connectivity index (χ0) is 14.1. The van der Waals surface area contributed by atoms with Crippen LogP contribution in [0.4, 0.5) is 0 Å². The zero-order valence-electron chi connectivity index (χ0n) is 10.2. The third kappa shape index (κ3) is 2.03. The molecule has 0 bridgehead atoms. The van der Waals surface area contributed by atoms with Gasteiger partial charge in [-0.2, -0.15) is 10.5 Å². The lowest BCUT2D eigenvalue weighted by atomic mass is 9.87. The molecular weight excluding hydrogens is 260 g/mol. The summed E-state index contributed by atoms with van der Waals surface area (Å²) in [5.74, 6) is 0. The van der Waals surface area contributed by atoms with E-state index in [1.807, 2.05) is 12.1 Å². The van der Waals surface area contributed by atoms with Gasteiger partial charge in [-0.3, -0.25) is 0 Å². The van der Waals surface area contributed by atoms with Crippen LogP contribution in [0.2, 0.25) is 0 Å². The highest BCUT2D eigenvalue weighted by Crippen LogP contribution is 2.45. The van der Waals surface area contributed by atoms with E-state index in [9.17, 15) is 8.42 Å². The summed E-state index contributed by atoms with van der Waals surface area (Å²) in [5, 5.41) is 17.5. The van der Waals surface area contributed by atoms with Crippen molar-refractivity contribution in [2.45, 2.75) is 23.0 Å². The van der Waals surface area contributed by atoms with Gasteiger partial charge in [-0.25, -0.2) is 8.42 Å². The summed E-state index contributed by atoms with van der Waals surface area (Å²) < 4.78 is 24.9. The fourth-order valence-corrected chi connectivity index (χ4v) is 4.11. The maximum atomic E-state index is 12.4. The molecule has 0 saturated heterocycles. The highest BCUT2D eigenvalue weighted by Gasteiger charge is 2.48. The van der Waals surface area contributed by atoms with Gasteiger partial charge < -0.3 is 0 Å². The average Bonchev–Trinajstić information content (AvgIpc) is 2.78. The van der Waals surface area contributed by atoms with Gasteiger partial charge in [0.15, 0.2) is 15.3 Å². The Morgan fingerprint density at radius 1 is 1.21 bits per heavy atom. The Morgan fingerprint density at radius 3 is 2.26 bits per heavy atom. The fraction of sp³-hybridized carbons (Fsp3) is 0.286. The summed E-state index contributed by atoms with van der Waals surface area (Å²) in [5.41, 5.74) is -0.978. The normalized spacial score (nSPS) is 21.6. The van der Waals surface area contributed by atoms with Gasteiger partial charge in [0, 0.05) is 6.42 Å². The van der Waals surface area contributed by atoms with Gasteiger partial charge in [0.05, 0.1) is 22.3 Å². The topological polar surface area (TPSA) is 81.7 Å². The minimum atomic E-state index is -3.53. The summed E-state index contributed by atoms with van der Waals surface area (Å²) in [6.45, 7) is 3.70. The van der Waals surface area contributed by atoms with E-state index in [0.29, 0.717) is 5.57 Å². The van der Waals surface area contributed by atoms with Crippen molar-refractivity contribution < 1.29 is 8.42 Å². The minimum Gasteiger partial charge on any atom is -0.223 e. The minimum absolute atomic E-state index is 0.00391. The highest BCUT2D eigenvalue weighted by molar-refractivity contribution is 7.92. The molecule has 1 fully saturated rings. The zero-order valence-corrected chi connectivity index (χ0v) is 11.0. The lowest BCUT2D eigenvalue weighted by Gasteiger charge is -2.12. The van der Waals surface area contributed by atoms with E-state index in [4.69, 9.17) is 10.5 Å². The molecule has 2 rings (SSSR count). The maximum Gasteiger partial charge on any atom is 0.181 e. The van der Waals surface area contributed by atoms with Crippen LogP contribution in [-0.4, -0.2) is 13.7 Å². The SMILES string of the molecule is C=C1CC(S(=O)(=O)c2ccccc2)CC1(C#N)C#N. The van der Waals surface area contributed by atoms with Gasteiger partial charge in [0.2, 0.25) is 0 Å². The summed E-state index contributed by atoms with van der Waals surface area (Å²) in [6.07, 6.45) is 0.161. The Kier molecular flexibility index (Phi) is 3.18. The van der Waals surface area contributed by atoms with Crippen LogP contribution in [0.1, 0.15) is 12.8 Å². The van der Waals surface area contributed by atoms with Crippen molar-refractivity contribution in [3.63, 3.8) is 0 Å². The third-order valence-electron chi connectivity index (χ3n) is 3.50. The Bertz CT molecular complexity index is 679. The number of sulfone groups is 1. The van der Waals surface area contributed by atoms with Crippen molar-refractivity contribution in [3.8, 4) is 12.1 Å². The van der Waals surface area contributed by atoms with Crippen LogP contribution >= 0.6 is 0 Å². The van der Waals surface area contributed by atoms with E-state index >= 15 is 0 Å². The van der Waals surface area contributed by atoms with Gasteiger partial charge in [-0.1, -0.05) is 24.8 Å². The van der Waals surface area contributed by atoms with Crippen LogP contribution in [0.5, 0.6) is 0 Å². The van der Waals surface area contributed by atoms with E-state index in [1.54, 1.807) is 18.2 Å². The van der Waals surface area contributed by atoms with Gasteiger partial charge in [-0.15, -0.1) is 0 Å². The molecule has 1 saturated carbocycles. The fourth-order valence-electron chi connectivity index (χ4n) is 2.30. The van der Waals surface area contributed by atoms with Crippen LogP contribution < -0.4 is 0 Å². The number of allylic oxidation sites excluding steroid dienone is 1. The van der Waals surface area contributed by atoms with Crippen molar-refractivity contribution in [2.75, 3.05) is 0 Å². The molecule has 1 aromatic rings. The first-order valence-electron chi connectivity index (χ1n) is 5.76. The van der Waals surface area contributed by atoms with Crippen molar-refractivity contribution in [2.24, 2.45) is 5.41 Å². The molecule has 1 unspecified atom stereocenters. The molecule has 4 nitrogen and oxygen atoms in total. The number of hydrogen-bond donors (Lipinski definition) is 0. The Balaban J connectivity index is 2.40. The van der Waals surface area contributed by atoms with Gasteiger partial charge in [-0.05, 0) is 24.1 Å². The monoisotopic (exact) mass is 272 g/mol. The average molecular weight is 272 g/mol. The summed E-state index contributed by atoms with van der Waals surface area (Å²) in [6, 6.07) is 11.9. The molecule has 19 heavy (non-hydrogen) atoms. The second kappa shape index (κ2) is 4.53. The lowest BCUT2D eigenvalue weighted by Crippen LogP contribution is -2.21. The Morgan fingerprint density at radius 2 is 1.79 bits per heavy atom. The van der Waals surface area contributed by atoms with Crippen LogP contribution in [0.3, 0.4) is 0 Å². The lowest BCUT2D eigenvalue weighted by molar-refractivity contribution is 0.566. The Hall–Kier alpha value is -2.11. The number of benzene rings is 1. The predicted molar refractivity (Wildman–Crippen MR) is 69.4 cm³/mol. The van der Waals surface area contributed by atoms with E-state index in [2.05, 4.69) is 6.58 Å². The largest absolute Gasteiger partial charge is 0.223 e. The first-order valence-corrected chi connectivity index (χ1v) is 7.30. The maximum absolute atomic E-state index is 12.4. The molecule has 1 aliphatic carbocycles. The standard InChI is InChI=1S/C14H12N2O2S/c1-11-7-13(8-14(11,9-15)10-16)19(17,18)12-5-3-2-4-6-12/h2-6,13H,1,7-8H2. The molecule has 1 aliphatic rings. The number of rotatable bonds is 2. The summed E-state index contributed by atoms with van der Waals surface area (Å²) in [7, 11) is -3.53. The molecular formula is C14H12N2O2S. The molecule has 1 atom stereocenters. The molecule has 0 heterocycles. The first kappa shape index (κ1) is 13.3. The number of hydrogen-bond acceptors (Lipinski definition) is 4. The molecule has 0 radical (unpaired) electrons. The van der Waals surface area contributed by atoms with Crippen LogP contribution in [0.25, 0.3) is 0 Å². The second-order valence-corrected chi connectivity index (χ2v) is 6.85. The molecule has 0 spiro atoms. The summed E-state index contributed by atoms with van der Waals surface area (Å²) in [4.78, 5) is 0.222. The Labute approximate surface area is 112 Å². The molecule has 0 amide bonds. The molecule has 1 aromatic carbocycles. The molecule has 5 heteroatoms. The van der Waals surface area contributed by atoms with E-state index in [1.165, 1.54) is 12.1 Å². The smallest absolute Gasteiger partial charge is 0.181 e. The van der Waals surface area contributed by atoms with Gasteiger partial charge in [0.1, 0.15) is 0 Å². The quantitative estimate of drug-likeness (QED) is 0.773. The summed E-state index contributed by atoms with van der Waals surface area (Å²) >= 11 is 0. The second-order valence-electron chi connectivity index (χ2n) is 4.62. The van der Waals surface area contributed by atoms with Gasteiger partial charge >= 0.3 is 0 Å². The van der Waals surface area contributed by atoms with E-state index in [0.717, 1.165) is 0 Å². The van der Waals surface area contributed by atoms with Gasteiger partial charge in [0.25, 0.3) is 0 Å².